The molecule has 1 saturated heterocycles. The first kappa shape index (κ1) is 22.5. The Kier molecular flexibility index (Phi) is 5.85. The van der Waals surface area contributed by atoms with Gasteiger partial charge >= 0.3 is 0 Å². The number of nitrogens with one attached hydrogen (secondary N) is 1. The topological polar surface area (TPSA) is 105 Å². The SMILES string of the molecule is CC(=O)N1c2ccc(S(=O)(=O)N3CCCC3)cc2CC1C(=O)NCc1c(C)nn(C)c1C. The molecule has 9 nitrogen and oxygen atoms in total. The fourth-order valence-corrected chi connectivity index (χ4v) is 6.20. The first-order valence-corrected chi connectivity index (χ1v) is 12.2. The summed E-state index contributed by atoms with van der Waals surface area (Å²) >= 11 is 0. The monoisotopic (exact) mass is 459 g/mol. The highest BCUT2D eigenvalue weighted by atomic mass is 32.2. The highest BCUT2D eigenvalue weighted by Crippen LogP contribution is 2.35. The number of carbonyl (C=O) groups is 2. The Morgan fingerprint density at radius 3 is 2.47 bits per heavy atom. The predicted octanol–water partition coefficient (Wildman–Crippen LogP) is 1.42. The minimum Gasteiger partial charge on any atom is -0.350 e. The Hall–Kier alpha value is -2.72. The molecule has 1 fully saturated rings. The van der Waals surface area contributed by atoms with Crippen molar-refractivity contribution in [2.24, 2.45) is 7.05 Å². The summed E-state index contributed by atoms with van der Waals surface area (Å²) in [5, 5.41) is 7.30. The highest BCUT2D eigenvalue weighted by molar-refractivity contribution is 7.89. The second-order valence-corrected chi connectivity index (χ2v) is 10.4. The van der Waals surface area contributed by atoms with E-state index in [1.54, 1.807) is 16.8 Å². The van der Waals surface area contributed by atoms with Crippen LogP contribution in [0.25, 0.3) is 0 Å². The molecule has 0 radical (unpaired) electrons. The lowest BCUT2D eigenvalue weighted by molar-refractivity contribution is -0.125. The van der Waals surface area contributed by atoms with E-state index in [0.717, 1.165) is 29.8 Å². The number of amides is 2. The zero-order chi connectivity index (χ0) is 23.2. The van der Waals surface area contributed by atoms with Crippen molar-refractivity contribution in [3.8, 4) is 0 Å². The summed E-state index contributed by atoms with van der Waals surface area (Å²) in [6, 6.07) is 4.07. The summed E-state index contributed by atoms with van der Waals surface area (Å²) in [5.74, 6) is -0.532. The largest absolute Gasteiger partial charge is 0.350 e. The quantitative estimate of drug-likeness (QED) is 0.728. The van der Waals surface area contributed by atoms with E-state index in [9.17, 15) is 18.0 Å². The van der Waals surface area contributed by atoms with E-state index in [1.807, 2.05) is 20.9 Å². The summed E-state index contributed by atoms with van der Waals surface area (Å²) in [7, 11) is -1.72. The third-order valence-corrected chi connectivity index (χ3v) is 8.37. The van der Waals surface area contributed by atoms with Crippen molar-refractivity contribution in [1.82, 2.24) is 19.4 Å². The predicted molar refractivity (Wildman–Crippen MR) is 120 cm³/mol. The molecule has 4 rings (SSSR count). The minimum atomic E-state index is -3.57. The molecule has 2 aliphatic heterocycles. The number of aryl methyl sites for hydroxylation is 2. The van der Waals surface area contributed by atoms with Gasteiger partial charge in [-0.15, -0.1) is 0 Å². The average molecular weight is 460 g/mol. The number of nitrogens with zero attached hydrogens (tertiary/aromatic N) is 4. The van der Waals surface area contributed by atoms with E-state index in [1.165, 1.54) is 22.2 Å². The summed E-state index contributed by atoms with van der Waals surface area (Å²) in [6.45, 7) is 6.62. The van der Waals surface area contributed by atoms with Gasteiger partial charge in [0.25, 0.3) is 0 Å². The highest BCUT2D eigenvalue weighted by Gasteiger charge is 2.38. The number of hydrogen-bond donors (Lipinski definition) is 1. The van der Waals surface area contributed by atoms with Crippen molar-refractivity contribution in [1.29, 1.82) is 0 Å². The van der Waals surface area contributed by atoms with Gasteiger partial charge in [0.1, 0.15) is 6.04 Å². The molecule has 1 unspecified atom stereocenters. The van der Waals surface area contributed by atoms with Gasteiger partial charge in [0.2, 0.25) is 21.8 Å². The van der Waals surface area contributed by atoms with E-state index in [-0.39, 0.29) is 23.1 Å². The minimum absolute atomic E-state index is 0.212. The Balaban J connectivity index is 1.56. The zero-order valence-corrected chi connectivity index (χ0v) is 19.7. The first-order chi connectivity index (χ1) is 15.1. The van der Waals surface area contributed by atoms with Gasteiger partial charge in [0.05, 0.1) is 10.6 Å². The normalized spacial score (nSPS) is 18.8. The molecule has 3 heterocycles. The van der Waals surface area contributed by atoms with Crippen LogP contribution in [0.4, 0.5) is 5.69 Å². The molecule has 1 N–H and O–H groups in total. The number of anilines is 1. The van der Waals surface area contributed by atoms with E-state index in [2.05, 4.69) is 10.4 Å². The van der Waals surface area contributed by atoms with Crippen LogP contribution >= 0.6 is 0 Å². The van der Waals surface area contributed by atoms with Gasteiger partial charge in [-0.25, -0.2) is 8.42 Å². The molecule has 2 aromatic rings. The Labute approximate surface area is 188 Å². The number of aromatic nitrogens is 2. The molecule has 0 spiro atoms. The van der Waals surface area contributed by atoms with Crippen molar-refractivity contribution in [2.45, 2.75) is 57.5 Å². The van der Waals surface area contributed by atoms with Crippen molar-refractivity contribution < 1.29 is 18.0 Å². The van der Waals surface area contributed by atoms with Crippen LogP contribution in [0, 0.1) is 13.8 Å². The molecular weight excluding hydrogens is 430 g/mol. The molecule has 0 bridgehead atoms. The summed E-state index contributed by atoms with van der Waals surface area (Å²) in [4.78, 5) is 27.1. The second kappa shape index (κ2) is 8.32. The summed E-state index contributed by atoms with van der Waals surface area (Å²) in [5.41, 5.74) is 4.05. The van der Waals surface area contributed by atoms with Crippen LogP contribution in [0.1, 0.15) is 42.3 Å². The van der Waals surface area contributed by atoms with Gasteiger partial charge in [0.15, 0.2) is 0 Å². The third kappa shape index (κ3) is 3.81. The standard InChI is InChI=1S/C22H29N5O4S/c1-14-19(15(2)25(4)24-14)13-23-22(29)21-12-17-11-18(7-8-20(17)27(21)16(3)28)32(30,31)26-9-5-6-10-26/h7-8,11,21H,5-6,9-10,12-13H2,1-4H3,(H,23,29). The van der Waals surface area contributed by atoms with Gasteiger partial charge in [0, 0.05) is 57.0 Å². The number of sulfonamides is 1. The van der Waals surface area contributed by atoms with Crippen LogP contribution in [0.3, 0.4) is 0 Å². The maximum absolute atomic E-state index is 13.1. The summed E-state index contributed by atoms with van der Waals surface area (Å²) < 4.78 is 29.2. The van der Waals surface area contributed by atoms with Gasteiger partial charge in [-0.3, -0.25) is 19.2 Å². The number of fused-ring (bicyclic) bond motifs is 1. The molecule has 1 aromatic heterocycles. The first-order valence-electron chi connectivity index (χ1n) is 10.8. The fourth-order valence-electron chi connectivity index (χ4n) is 4.63. The van der Waals surface area contributed by atoms with Crippen LogP contribution in [0.2, 0.25) is 0 Å². The van der Waals surface area contributed by atoms with E-state index in [0.29, 0.717) is 30.9 Å². The third-order valence-electron chi connectivity index (χ3n) is 6.48. The molecule has 172 valence electrons. The molecular formula is C22H29N5O4S. The van der Waals surface area contributed by atoms with Crippen LogP contribution in [0.15, 0.2) is 23.1 Å². The number of hydrogen-bond acceptors (Lipinski definition) is 5. The maximum Gasteiger partial charge on any atom is 0.243 e. The van der Waals surface area contributed by atoms with Gasteiger partial charge in [-0.05, 0) is 50.5 Å². The molecule has 10 heteroatoms. The van der Waals surface area contributed by atoms with E-state index in [4.69, 9.17) is 0 Å². The number of benzene rings is 1. The fraction of sp³-hybridized carbons (Fsp3) is 0.500. The van der Waals surface area contributed by atoms with Crippen LogP contribution in [-0.2, 0) is 39.6 Å². The van der Waals surface area contributed by atoms with Crippen molar-refractivity contribution in [2.75, 3.05) is 18.0 Å². The molecule has 2 aliphatic rings. The van der Waals surface area contributed by atoms with Crippen LogP contribution in [0.5, 0.6) is 0 Å². The summed E-state index contributed by atoms with van der Waals surface area (Å²) in [6.07, 6.45) is 2.00. The van der Waals surface area contributed by atoms with Crippen molar-refractivity contribution in [3.05, 3.63) is 40.7 Å². The Morgan fingerprint density at radius 2 is 1.88 bits per heavy atom. The zero-order valence-electron chi connectivity index (χ0n) is 18.9. The number of carbonyl (C=O) groups excluding carboxylic acids is 2. The lowest BCUT2D eigenvalue weighted by Gasteiger charge is -2.23. The molecule has 1 atom stereocenters. The molecule has 32 heavy (non-hydrogen) atoms. The molecule has 2 amide bonds. The van der Waals surface area contributed by atoms with Crippen LogP contribution < -0.4 is 10.2 Å². The molecule has 1 aromatic carbocycles. The molecule has 0 saturated carbocycles. The molecule has 0 aliphatic carbocycles. The van der Waals surface area contributed by atoms with Gasteiger partial charge in [-0.2, -0.15) is 9.40 Å². The number of rotatable bonds is 5. The average Bonchev–Trinajstić information content (AvgIpc) is 3.45. The second-order valence-electron chi connectivity index (χ2n) is 8.50. The van der Waals surface area contributed by atoms with Gasteiger partial charge < -0.3 is 5.32 Å². The van der Waals surface area contributed by atoms with Crippen molar-refractivity contribution >= 4 is 27.5 Å². The van der Waals surface area contributed by atoms with E-state index < -0.39 is 16.1 Å². The Bertz CT molecular complexity index is 1180. The smallest absolute Gasteiger partial charge is 0.243 e. The van der Waals surface area contributed by atoms with Gasteiger partial charge in [-0.1, -0.05) is 0 Å². The van der Waals surface area contributed by atoms with E-state index >= 15 is 0 Å². The maximum atomic E-state index is 13.1. The van der Waals surface area contributed by atoms with Crippen LogP contribution in [-0.4, -0.2) is 53.4 Å². The van der Waals surface area contributed by atoms with Crippen molar-refractivity contribution in [3.63, 3.8) is 0 Å². The lowest BCUT2D eigenvalue weighted by atomic mass is 10.1. The lowest BCUT2D eigenvalue weighted by Crippen LogP contribution is -2.47. The Morgan fingerprint density at radius 1 is 1.19 bits per heavy atom.